The molecule has 2 unspecified atom stereocenters. The van der Waals surface area contributed by atoms with Crippen LogP contribution in [-0.4, -0.2) is 15.0 Å². The van der Waals surface area contributed by atoms with Crippen molar-refractivity contribution in [1.29, 1.82) is 0 Å². The average molecular weight is 256 g/mol. The van der Waals surface area contributed by atoms with E-state index in [-0.39, 0.29) is 5.54 Å². The van der Waals surface area contributed by atoms with Crippen molar-refractivity contribution < 1.29 is 0 Å². The second-order valence-electron chi connectivity index (χ2n) is 5.74. The monoisotopic (exact) mass is 256 g/mol. The fraction of sp³-hybridized carbons (Fsp3) is 0.467. The van der Waals surface area contributed by atoms with Crippen LogP contribution < -0.4 is 5.73 Å². The number of hydrogen-bond donors (Lipinski definition) is 1. The molecule has 0 amide bonds. The van der Waals surface area contributed by atoms with Crippen LogP contribution in [-0.2, 0) is 19.0 Å². The number of nitrogens with zero attached hydrogens (tertiary/aromatic N) is 3. The van der Waals surface area contributed by atoms with Crippen LogP contribution in [0.25, 0.3) is 0 Å². The predicted molar refractivity (Wildman–Crippen MR) is 74.7 cm³/mol. The van der Waals surface area contributed by atoms with Crippen LogP contribution in [0.3, 0.4) is 0 Å². The molecule has 4 heteroatoms. The zero-order valence-corrected chi connectivity index (χ0v) is 11.5. The summed E-state index contributed by atoms with van der Waals surface area (Å²) in [5, 5.41) is 8.18. The Morgan fingerprint density at radius 2 is 2.21 bits per heavy atom. The first-order valence-corrected chi connectivity index (χ1v) is 6.82. The lowest BCUT2D eigenvalue weighted by Crippen LogP contribution is -2.42. The summed E-state index contributed by atoms with van der Waals surface area (Å²) in [5.41, 5.74) is 10.0. The molecular formula is C15H20N4. The molecule has 19 heavy (non-hydrogen) atoms. The fourth-order valence-electron chi connectivity index (χ4n) is 3.13. The highest BCUT2D eigenvalue weighted by Crippen LogP contribution is 2.41. The van der Waals surface area contributed by atoms with Crippen molar-refractivity contribution in [2.75, 3.05) is 0 Å². The minimum absolute atomic E-state index is 0.306. The van der Waals surface area contributed by atoms with Gasteiger partial charge in [0.05, 0.1) is 5.69 Å². The minimum Gasteiger partial charge on any atom is -0.321 e. The molecule has 1 heterocycles. The predicted octanol–water partition coefficient (Wildman–Crippen LogP) is 2.11. The van der Waals surface area contributed by atoms with Gasteiger partial charge < -0.3 is 5.73 Å². The van der Waals surface area contributed by atoms with Crippen molar-refractivity contribution >= 4 is 0 Å². The molecule has 4 nitrogen and oxygen atoms in total. The van der Waals surface area contributed by atoms with E-state index in [0.29, 0.717) is 5.92 Å². The van der Waals surface area contributed by atoms with E-state index in [1.54, 1.807) is 4.68 Å². The first-order chi connectivity index (χ1) is 9.08. The molecule has 0 saturated heterocycles. The highest BCUT2D eigenvalue weighted by atomic mass is 15.4. The van der Waals surface area contributed by atoms with E-state index >= 15 is 0 Å². The quantitative estimate of drug-likeness (QED) is 0.895. The molecular weight excluding hydrogens is 236 g/mol. The SMILES string of the molecule is CC1CCC(N)(Cc2cn(C)nn2)c2ccccc21. The summed E-state index contributed by atoms with van der Waals surface area (Å²) in [6.07, 6.45) is 4.84. The molecule has 1 aliphatic rings. The smallest absolute Gasteiger partial charge is 0.0848 e. The minimum atomic E-state index is -0.306. The first-order valence-electron chi connectivity index (χ1n) is 6.82. The summed E-state index contributed by atoms with van der Waals surface area (Å²) in [6.45, 7) is 2.28. The van der Waals surface area contributed by atoms with Crippen LogP contribution in [0, 0.1) is 0 Å². The number of hydrogen-bond acceptors (Lipinski definition) is 3. The molecule has 3 rings (SSSR count). The largest absolute Gasteiger partial charge is 0.321 e. The van der Waals surface area contributed by atoms with Crippen LogP contribution in [0.1, 0.15) is 42.5 Å². The van der Waals surface area contributed by atoms with Gasteiger partial charge in [0.25, 0.3) is 0 Å². The Bertz CT molecular complexity index is 589. The van der Waals surface area contributed by atoms with Gasteiger partial charge >= 0.3 is 0 Å². The number of nitrogens with two attached hydrogens (primary N) is 1. The number of rotatable bonds is 2. The number of aromatic nitrogens is 3. The summed E-state index contributed by atoms with van der Waals surface area (Å²) < 4.78 is 1.73. The zero-order valence-electron chi connectivity index (χ0n) is 11.5. The summed E-state index contributed by atoms with van der Waals surface area (Å²) in [7, 11) is 1.89. The van der Waals surface area contributed by atoms with Gasteiger partial charge in [-0.05, 0) is 29.9 Å². The van der Waals surface area contributed by atoms with E-state index in [0.717, 1.165) is 25.0 Å². The molecule has 1 aromatic carbocycles. The zero-order chi connectivity index (χ0) is 13.5. The Labute approximate surface area is 113 Å². The van der Waals surface area contributed by atoms with Crippen LogP contribution in [0.15, 0.2) is 30.5 Å². The molecule has 0 aliphatic heterocycles. The molecule has 1 aliphatic carbocycles. The van der Waals surface area contributed by atoms with Crippen molar-refractivity contribution in [1.82, 2.24) is 15.0 Å². The Hall–Kier alpha value is -1.68. The molecule has 0 spiro atoms. The van der Waals surface area contributed by atoms with E-state index < -0.39 is 0 Å². The van der Waals surface area contributed by atoms with E-state index in [4.69, 9.17) is 5.73 Å². The van der Waals surface area contributed by atoms with Crippen molar-refractivity contribution in [3.63, 3.8) is 0 Å². The molecule has 0 saturated carbocycles. The Kier molecular flexibility index (Phi) is 2.90. The Morgan fingerprint density at radius 1 is 1.42 bits per heavy atom. The second-order valence-corrected chi connectivity index (χ2v) is 5.74. The molecule has 2 atom stereocenters. The molecule has 0 fully saturated rings. The standard InChI is InChI=1S/C15H20N4/c1-11-7-8-15(16,9-12-10-19(2)18-17-12)14-6-4-3-5-13(11)14/h3-6,10-11H,7-9,16H2,1-2H3. The normalized spacial score (nSPS) is 26.2. The maximum absolute atomic E-state index is 6.70. The Balaban J connectivity index is 1.98. The molecule has 0 bridgehead atoms. The van der Waals surface area contributed by atoms with Gasteiger partial charge in [0.1, 0.15) is 0 Å². The fourth-order valence-corrected chi connectivity index (χ4v) is 3.13. The van der Waals surface area contributed by atoms with Crippen molar-refractivity contribution in [3.05, 3.63) is 47.3 Å². The lowest BCUT2D eigenvalue weighted by atomic mass is 9.71. The van der Waals surface area contributed by atoms with Gasteiger partial charge in [0.15, 0.2) is 0 Å². The van der Waals surface area contributed by atoms with Crippen molar-refractivity contribution in [3.8, 4) is 0 Å². The van der Waals surface area contributed by atoms with Crippen molar-refractivity contribution in [2.45, 2.75) is 37.6 Å². The van der Waals surface area contributed by atoms with Crippen molar-refractivity contribution in [2.24, 2.45) is 12.8 Å². The number of aryl methyl sites for hydroxylation is 1. The van der Waals surface area contributed by atoms with E-state index in [2.05, 4.69) is 41.5 Å². The third-order valence-electron chi connectivity index (χ3n) is 4.20. The summed E-state index contributed by atoms with van der Waals surface area (Å²) in [4.78, 5) is 0. The first kappa shape index (κ1) is 12.4. The average Bonchev–Trinajstić information content (AvgIpc) is 2.80. The van der Waals surface area contributed by atoms with Gasteiger partial charge in [-0.3, -0.25) is 4.68 Å². The molecule has 0 radical (unpaired) electrons. The summed E-state index contributed by atoms with van der Waals surface area (Å²) in [6, 6.07) is 8.55. The topological polar surface area (TPSA) is 56.7 Å². The van der Waals surface area contributed by atoms with Gasteiger partial charge in [-0.1, -0.05) is 36.4 Å². The molecule has 2 N–H and O–H groups in total. The van der Waals surface area contributed by atoms with Gasteiger partial charge in [-0.2, -0.15) is 0 Å². The van der Waals surface area contributed by atoms with E-state index in [9.17, 15) is 0 Å². The summed E-state index contributed by atoms with van der Waals surface area (Å²) >= 11 is 0. The van der Waals surface area contributed by atoms with Gasteiger partial charge in [0, 0.05) is 25.2 Å². The molecule has 100 valence electrons. The lowest BCUT2D eigenvalue weighted by molar-refractivity contribution is 0.346. The molecule has 1 aromatic heterocycles. The maximum Gasteiger partial charge on any atom is 0.0848 e. The highest BCUT2D eigenvalue weighted by Gasteiger charge is 2.35. The Morgan fingerprint density at radius 3 is 2.95 bits per heavy atom. The lowest BCUT2D eigenvalue weighted by Gasteiger charge is -2.38. The summed E-state index contributed by atoms with van der Waals surface area (Å²) in [5.74, 6) is 0.592. The van der Waals surface area contributed by atoms with Crippen LogP contribution in [0.2, 0.25) is 0 Å². The third-order valence-corrected chi connectivity index (χ3v) is 4.20. The van der Waals surface area contributed by atoms with Gasteiger partial charge in [-0.15, -0.1) is 5.10 Å². The van der Waals surface area contributed by atoms with Crippen LogP contribution in [0.4, 0.5) is 0 Å². The third kappa shape index (κ3) is 2.16. The number of fused-ring (bicyclic) bond motifs is 1. The van der Waals surface area contributed by atoms with Crippen LogP contribution in [0.5, 0.6) is 0 Å². The van der Waals surface area contributed by atoms with E-state index in [1.807, 2.05) is 13.2 Å². The maximum atomic E-state index is 6.70. The van der Waals surface area contributed by atoms with Gasteiger partial charge in [-0.25, -0.2) is 0 Å². The van der Waals surface area contributed by atoms with Gasteiger partial charge in [0.2, 0.25) is 0 Å². The van der Waals surface area contributed by atoms with E-state index in [1.165, 1.54) is 11.1 Å². The van der Waals surface area contributed by atoms with Crippen LogP contribution >= 0.6 is 0 Å². The highest BCUT2D eigenvalue weighted by molar-refractivity contribution is 5.39. The number of benzene rings is 1. The second kappa shape index (κ2) is 4.46. The molecule has 2 aromatic rings.